The van der Waals surface area contributed by atoms with Crippen LogP contribution in [0.25, 0.3) is 0 Å². The standard InChI is InChI=1S/C16H22ClNO/c1-11-8-13(16(10-18)6-2-3-7-16)15(14(17)9-11)19-12-4-5-12/h8-9,12H,2-7,10,18H2,1H3. The molecule has 0 heterocycles. The van der Waals surface area contributed by atoms with E-state index >= 15 is 0 Å². The third-order valence-corrected chi connectivity index (χ3v) is 4.80. The largest absolute Gasteiger partial charge is 0.489 e. The number of halogens is 1. The topological polar surface area (TPSA) is 35.2 Å². The van der Waals surface area contributed by atoms with Crippen molar-refractivity contribution in [1.82, 2.24) is 0 Å². The summed E-state index contributed by atoms with van der Waals surface area (Å²) in [5.74, 6) is 0.905. The van der Waals surface area contributed by atoms with E-state index in [0.717, 1.165) is 36.5 Å². The highest BCUT2D eigenvalue weighted by Gasteiger charge is 2.38. The molecule has 0 saturated heterocycles. The smallest absolute Gasteiger partial charge is 0.142 e. The van der Waals surface area contributed by atoms with Gasteiger partial charge in [0.1, 0.15) is 5.75 Å². The maximum Gasteiger partial charge on any atom is 0.142 e. The van der Waals surface area contributed by atoms with Gasteiger partial charge in [-0.3, -0.25) is 0 Å². The lowest BCUT2D eigenvalue weighted by Crippen LogP contribution is -2.32. The fourth-order valence-corrected chi connectivity index (χ4v) is 3.55. The molecule has 19 heavy (non-hydrogen) atoms. The van der Waals surface area contributed by atoms with E-state index in [-0.39, 0.29) is 5.41 Å². The van der Waals surface area contributed by atoms with Crippen LogP contribution in [-0.4, -0.2) is 12.6 Å². The van der Waals surface area contributed by atoms with Crippen LogP contribution in [0.5, 0.6) is 5.75 Å². The van der Waals surface area contributed by atoms with Crippen LogP contribution in [-0.2, 0) is 5.41 Å². The molecule has 2 saturated carbocycles. The number of nitrogens with two attached hydrogens (primary N) is 1. The van der Waals surface area contributed by atoms with Crippen molar-refractivity contribution >= 4 is 11.6 Å². The molecule has 1 aromatic carbocycles. The Morgan fingerprint density at radius 2 is 2.00 bits per heavy atom. The fraction of sp³-hybridized carbons (Fsp3) is 0.625. The number of rotatable bonds is 4. The molecule has 0 amide bonds. The highest BCUT2D eigenvalue weighted by atomic mass is 35.5. The molecular weight excluding hydrogens is 258 g/mol. The molecular formula is C16H22ClNO. The highest BCUT2D eigenvalue weighted by Crippen LogP contribution is 2.47. The summed E-state index contributed by atoms with van der Waals surface area (Å²) >= 11 is 6.44. The molecule has 104 valence electrons. The molecule has 2 aliphatic rings. The number of ether oxygens (including phenoxy) is 1. The summed E-state index contributed by atoms with van der Waals surface area (Å²) in [7, 11) is 0. The molecule has 2 N–H and O–H groups in total. The summed E-state index contributed by atoms with van der Waals surface area (Å²) in [4.78, 5) is 0. The van der Waals surface area contributed by atoms with E-state index in [0.29, 0.717) is 12.6 Å². The molecule has 3 heteroatoms. The molecule has 0 aliphatic heterocycles. The average molecular weight is 280 g/mol. The minimum absolute atomic E-state index is 0.0832. The van der Waals surface area contributed by atoms with Gasteiger partial charge in [0, 0.05) is 17.5 Å². The first-order valence-electron chi connectivity index (χ1n) is 7.32. The molecule has 0 bridgehead atoms. The van der Waals surface area contributed by atoms with Gasteiger partial charge >= 0.3 is 0 Å². The quantitative estimate of drug-likeness (QED) is 0.905. The van der Waals surface area contributed by atoms with Crippen LogP contribution < -0.4 is 10.5 Å². The van der Waals surface area contributed by atoms with E-state index in [4.69, 9.17) is 22.1 Å². The molecule has 2 aliphatic carbocycles. The van der Waals surface area contributed by atoms with Crippen molar-refractivity contribution in [1.29, 1.82) is 0 Å². The predicted octanol–water partition coefficient (Wildman–Crippen LogP) is 3.96. The summed E-state index contributed by atoms with van der Waals surface area (Å²) in [6.45, 7) is 2.78. The zero-order valence-corrected chi connectivity index (χ0v) is 12.3. The third-order valence-electron chi connectivity index (χ3n) is 4.52. The number of aryl methyl sites for hydroxylation is 1. The van der Waals surface area contributed by atoms with Crippen LogP contribution in [0.3, 0.4) is 0 Å². The minimum Gasteiger partial charge on any atom is -0.489 e. The second-order valence-corrected chi connectivity index (χ2v) is 6.54. The summed E-state index contributed by atoms with van der Waals surface area (Å²) in [5.41, 5.74) is 8.65. The van der Waals surface area contributed by atoms with Crippen LogP contribution in [0.4, 0.5) is 0 Å². The normalized spacial score (nSPS) is 21.6. The Labute approximate surface area is 120 Å². The van der Waals surface area contributed by atoms with E-state index in [1.165, 1.54) is 24.0 Å². The molecule has 0 atom stereocenters. The molecule has 1 aromatic rings. The fourth-order valence-electron chi connectivity index (χ4n) is 3.23. The molecule has 0 aromatic heterocycles. The summed E-state index contributed by atoms with van der Waals surface area (Å²) < 4.78 is 6.09. The van der Waals surface area contributed by atoms with Crippen LogP contribution >= 0.6 is 11.6 Å². The van der Waals surface area contributed by atoms with Crippen molar-refractivity contribution in [3.05, 3.63) is 28.3 Å². The van der Waals surface area contributed by atoms with E-state index in [9.17, 15) is 0 Å². The lowest BCUT2D eigenvalue weighted by molar-refractivity contribution is 0.290. The van der Waals surface area contributed by atoms with Gasteiger partial charge in [0.25, 0.3) is 0 Å². The number of hydrogen-bond acceptors (Lipinski definition) is 2. The first kappa shape index (κ1) is 13.3. The van der Waals surface area contributed by atoms with Crippen LogP contribution in [0.2, 0.25) is 5.02 Å². The minimum atomic E-state index is 0.0832. The maximum absolute atomic E-state index is 6.44. The van der Waals surface area contributed by atoms with Gasteiger partial charge in [-0.15, -0.1) is 0 Å². The van der Waals surface area contributed by atoms with Gasteiger partial charge in [-0.1, -0.05) is 30.5 Å². The SMILES string of the molecule is Cc1cc(Cl)c(OC2CC2)c(C2(CN)CCCC2)c1. The molecule has 2 nitrogen and oxygen atoms in total. The van der Waals surface area contributed by atoms with Crippen LogP contribution in [0, 0.1) is 6.92 Å². The first-order valence-corrected chi connectivity index (χ1v) is 7.70. The van der Waals surface area contributed by atoms with Gasteiger partial charge in [-0.25, -0.2) is 0 Å². The lowest BCUT2D eigenvalue weighted by Gasteiger charge is -2.31. The molecule has 3 rings (SSSR count). The van der Waals surface area contributed by atoms with E-state index in [1.54, 1.807) is 0 Å². The molecule has 0 spiro atoms. The Bertz CT molecular complexity index is 476. The van der Waals surface area contributed by atoms with Crippen molar-refractivity contribution < 1.29 is 4.74 Å². The van der Waals surface area contributed by atoms with Gasteiger partial charge in [0.05, 0.1) is 11.1 Å². The Hall–Kier alpha value is -0.730. The monoisotopic (exact) mass is 279 g/mol. The third kappa shape index (κ3) is 2.48. The van der Waals surface area contributed by atoms with Gasteiger partial charge in [-0.05, 0) is 44.2 Å². The molecule has 0 radical (unpaired) electrons. The zero-order valence-electron chi connectivity index (χ0n) is 11.5. The van der Waals surface area contributed by atoms with Gasteiger partial charge in [0.15, 0.2) is 0 Å². The zero-order chi connectivity index (χ0) is 13.5. The molecule has 2 fully saturated rings. The van der Waals surface area contributed by atoms with Crippen molar-refractivity contribution in [3.8, 4) is 5.75 Å². The summed E-state index contributed by atoms with van der Waals surface area (Å²) in [5, 5.41) is 0.752. The van der Waals surface area contributed by atoms with Gasteiger partial charge < -0.3 is 10.5 Å². The second kappa shape index (κ2) is 4.99. The highest BCUT2D eigenvalue weighted by molar-refractivity contribution is 6.32. The summed E-state index contributed by atoms with van der Waals surface area (Å²) in [6, 6.07) is 4.24. The average Bonchev–Trinajstić information content (AvgIpc) is 3.07. The Morgan fingerprint density at radius 1 is 1.32 bits per heavy atom. The van der Waals surface area contributed by atoms with E-state index in [1.807, 2.05) is 6.07 Å². The van der Waals surface area contributed by atoms with Crippen LogP contribution in [0.15, 0.2) is 12.1 Å². The Balaban J connectivity index is 2.06. The van der Waals surface area contributed by atoms with Crippen molar-refractivity contribution in [2.24, 2.45) is 5.73 Å². The Kier molecular flexibility index (Phi) is 3.48. The van der Waals surface area contributed by atoms with Crippen LogP contribution in [0.1, 0.15) is 49.7 Å². The Morgan fingerprint density at radius 3 is 2.58 bits per heavy atom. The summed E-state index contributed by atoms with van der Waals surface area (Å²) in [6.07, 6.45) is 7.50. The van der Waals surface area contributed by atoms with Crippen molar-refractivity contribution in [2.75, 3.05) is 6.54 Å². The van der Waals surface area contributed by atoms with Gasteiger partial charge in [-0.2, -0.15) is 0 Å². The number of benzene rings is 1. The van der Waals surface area contributed by atoms with Gasteiger partial charge in [0.2, 0.25) is 0 Å². The lowest BCUT2D eigenvalue weighted by atomic mass is 9.78. The first-order chi connectivity index (χ1) is 9.14. The predicted molar refractivity (Wildman–Crippen MR) is 79.0 cm³/mol. The van der Waals surface area contributed by atoms with Crippen molar-refractivity contribution in [3.63, 3.8) is 0 Å². The second-order valence-electron chi connectivity index (χ2n) is 6.13. The van der Waals surface area contributed by atoms with E-state index in [2.05, 4.69) is 13.0 Å². The molecule has 0 unspecified atom stereocenters. The maximum atomic E-state index is 6.44. The van der Waals surface area contributed by atoms with E-state index < -0.39 is 0 Å². The van der Waals surface area contributed by atoms with Crippen molar-refractivity contribution in [2.45, 2.75) is 57.0 Å². The number of hydrogen-bond donors (Lipinski definition) is 1.